The predicted octanol–water partition coefficient (Wildman–Crippen LogP) is -1.79. The molecule has 0 saturated carbocycles. The standard InChI is InChI=1S/C19H29N8O5P/c1-11(18(29)22-12(2)17(21)28)10-33(31,32)16(8-13-6-4-3-5-7-13)23-19(30)14(20)9-15-24-26-27-25-15/h3-7,11-12,14,16,31-32H,8-10,20H2,1-2H3,(H4-,21,22,23,24,25,26,27,28,29,30)/p+1/t11-,12+,14-,16-/m1/s1. The van der Waals surface area contributed by atoms with Crippen LogP contribution in [-0.2, 0) is 27.2 Å². The number of aromatic amines is 1. The van der Waals surface area contributed by atoms with Gasteiger partial charge in [-0.2, -0.15) is 5.21 Å². The Bertz CT molecular complexity index is 928. The lowest BCUT2D eigenvalue weighted by Crippen LogP contribution is -2.49. The van der Waals surface area contributed by atoms with Gasteiger partial charge in [0.1, 0.15) is 12.2 Å². The maximum atomic E-state index is 12.7. The van der Waals surface area contributed by atoms with E-state index in [1.165, 1.54) is 13.8 Å². The number of carbonyl (C=O) groups is 3. The van der Waals surface area contributed by atoms with Crippen molar-refractivity contribution in [1.29, 1.82) is 0 Å². The summed E-state index contributed by atoms with van der Waals surface area (Å²) in [7, 11) is -3.87. The number of rotatable bonds is 12. The zero-order chi connectivity index (χ0) is 24.6. The van der Waals surface area contributed by atoms with Gasteiger partial charge in [-0.15, -0.1) is 10.2 Å². The number of tetrazole rings is 1. The molecule has 0 aliphatic rings. The van der Waals surface area contributed by atoms with Crippen LogP contribution in [0.25, 0.3) is 0 Å². The number of benzene rings is 1. The third-order valence-electron chi connectivity index (χ3n) is 4.98. The molecule has 4 atom stereocenters. The van der Waals surface area contributed by atoms with Crippen LogP contribution in [-0.4, -0.2) is 72.2 Å². The molecule has 0 aliphatic carbocycles. The Balaban J connectivity index is 2.14. The Morgan fingerprint density at radius 2 is 1.76 bits per heavy atom. The fraction of sp³-hybridized carbons (Fsp3) is 0.474. The second-order valence-electron chi connectivity index (χ2n) is 7.85. The molecule has 2 rings (SSSR count). The second kappa shape index (κ2) is 11.8. The van der Waals surface area contributed by atoms with Gasteiger partial charge in [0, 0.05) is 12.8 Å². The number of primary amides is 1. The monoisotopic (exact) mass is 481 g/mol. The van der Waals surface area contributed by atoms with E-state index < -0.39 is 49.2 Å². The summed E-state index contributed by atoms with van der Waals surface area (Å²) >= 11 is 0. The van der Waals surface area contributed by atoms with Gasteiger partial charge in [-0.25, -0.2) is 9.79 Å². The van der Waals surface area contributed by atoms with Crippen LogP contribution in [0.15, 0.2) is 30.3 Å². The summed E-state index contributed by atoms with van der Waals surface area (Å²) in [5.41, 5.74) is 11.8. The van der Waals surface area contributed by atoms with Crippen LogP contribution in [0.2, 0.25) is 0 Å². The van der Waals surface area contributed by atoms with E-state index in [-0.39, 0.29) is 24.8 Å². The van der Waals surface area contributed by atoms with Crippen molar-refractivity contribution in [3.05, 3.63) is 41.7 Å². The van der Waals surface area contributed by atoms with Crippen molar-refractivity contribution in [2.45, 2.75) is 44.6 Å². The van der Waals surface area contributed by atoms with Gasteiger partial charge in [-0.05, 0) is 19.4 Å². The van der Waals surface area contributed by atoms with Crippen molar-refractivity contribution < 1.29 is 24.2 Å². The summed E-state index contributed by atoms with van der Waals surface area (Å²) in [4.78, 5) is 58.2. The van der Waals surface area contributed by atoms with Gasteiger partial charge in [-0.3, -0.25) is 14.4 Å². The summed E-state index contributed by atoms with van der Waals surface area (Å²) < 4.78 is 0. The van der Waals surface area contributed by atoms with E-state index in [9.17, 15) is 24.2 Å². The molecule has 0 aliphatic heterocycles. The summed E-state index contributed by atoms with van der Waals surface area (Å²) in [5, 5.41) is 18.2. The van der Waals surface area contributed by atoms with Crippen molar-refractivity contribution in [1.82, 2.24) is 31.3 Å². The van der Waals surface area contributed by atoms with Gasteiger partial charge in [0.15, 0.2) is 11.6 Å². The highest BCUT2D eigenvalue weighted by atomic mass is 31.2. The van der Waals surface area contributed by atoms with E-state index in [1.54, 1.807) is 24.3 Å². The first-order valence-corrected chi connectivity index (χ1v) is 12.2. The van der Waals surface area contributed by atoms with Crippen molar-refractivity contribution >= 4 is 25.4 Å². The van der Waals surface area contributed by atoms with Crippen LogP contribution < -0.4 is 22.1 Å². The minimum atomic E-state index is -3.87. The topological polar surface area (TPSA) is 222 Å². The number of carbonyl (C=O) groups excluding carboxylic acids is 3. The third-order valence-corrected chi connectivity index (χ3v) is 7.38. The Hall–Kier alpha value is -2.99. The molecular formula is C19H30N8O5P+. The summed E-state index contributed by atoms with van der Waals surface area (Å²) in [6, 6.07) is 6.97. The van der Waals surface area contributed by atoms with E-state index >= 15 is 0 Å². The minimum Gasteiger partial charge on any atom is -0.368 e. The molecule has 0 radical (unpaired) electrons. The average Bonchev–Trinajstić information content (AvgIpc) is 3.26. The van der Waals surface area contributed by atoms with Gasteiger partial charge in [-0.1, -0.05) is 35.5 Å². The first kappa shape index (κ1) is 26.3. The average molecular weight is 481 g/mol. The fourth-order valence-electron chi connectivity index (χ4n) is 3.01. The Kier molecular flexibility index (Phi) is 9.35. The van der Waals surface area contributed by atoms with E-state index in [0.717, 1.165) is 5.56 Å². The molecule has 9 N–H and O–H groups in total. The lowest BCUT2D eigenvalue weighted by Gasteiger charge is -2.27. The Labute approximate surface area is 191 Å². The molecule has 0 unspecified atom stereocenters. The maximum absolute atomic E-state index is 12.7. The van der Waals surface area contributed by atoms with E-state index in [2.05, 4.69) is 31.3 Å². The molecule has 3 amide bonds. The summed E-state index contributed by atoms with van der Waals surface area (Å²) in [6.07, 6.45) is -0.219. The molecule has 0 spiro atoms. The van der Waals surface area contributed by atoms with Crippen molar-refractivity contribution in [3.63, 3.8) is 0 Å². The minimum absolute atomic E-state index is 0.00743. The van der Waals surface area contributed by atoms with Crippen molar-refractivity contribution in [2.75, 3.05) is 6.16 Å². The number of aromatic nitrogens is 4. The highest BCUT2D eigenvalue weighted by molar-refractivity contribution is 7.65. The number of amides is 3. The molecule has 180 valence electrons. The van der Waals surface area contributed by atoms with Crippen LogP contribution in [0, 0.1) is 5.92 Å². The van der Waals surface area contributed by atoms with E-state index in [4.69, 9.17) is 11.5 Å². The molecule has 1 aromatic heterocycles. The number of nitrogens with zero attached hydrogens (tertiary/aromatic N) is 3. The molecule has 33 heavy (non-hydrogen) atoms. The van der Waals surface area contributed by atoms with E-state index in [0.29, 0.717) is 0 Å². The summed E-state index contributed by atoms with van der Waals surface area (Å²) in [5.74, 6) is -3.62. The highest BCUT2D eigenvalue weighted by Gasteiger charge is 2.47. The SMILES string of the molecule is C[C@H](C[P+](O)(O)[C@H](Cc1ccccc1)NC(=O)[C@H](N)Cc1nn[nH]n1)C(=O)N[C@@H](C)C(N)=O. The lowest BCUT2D eigenvalue weighted by molar-refractivity contribution is -0.128. The molecule has 14 heteroatoms. The van der Waals surface area contributed by atoms with Gasteiger partial charge >= 0.3 is 0 Å². The predicted molar refractivity (Wildman–Crippen MR) is 120 cm³/mol. The van der Waals surface area contributed by atoms with Crippen LogP contribution in [0.3, 0.4) is 0 Å². The fourth-order valence-corrected chi connectivity index (χ4v) is 5.07. The van der Waals surface area contributed by atoms with Crippen molar-refractivity contribution in [2.24, 2.45) is 17.4 Å². The van der Waals surface area contributed by atoms with Crippen LogP contribution in [0.1, 0.15) is 25.2 Å². The zero-order valence-corrected chi connectivity index (χ0v) is 19.3. The Morgan fingerprint density at radius 3 is 2.33 bits per heavy atom. The molecule has 13 nitrogen and oxygen atoms in total. The lowest BCUT2D eigenvalue weighted by atomic mass is 10.1. The number of hydrogen-bond acceptors (Lipinski definition) is 9. The van der Waals surface area contributed by atoms with Crippen molar-refractivity contribution in [3.8, 4) is 0 Å². The highest BCUT2D eigenvalue weighted by Crippen LogP contribution is 2.56. The third kappa shape index (κ3) is 8.13. The molecule has 1 heterocycles. The summed E-state index contributed by atoms with van der Waals surface area (Å²) in [6.45, 7) is 2.92. The number of nitrogens with two attached hydrogens (primary N) is 2. The van der Waals surface area contributed by atoms with Gasteiger partial charge in [0.05, 0.1) is 12.0 Å². The Morgan fingerprint density at radius 1 is 1.09 bits per heavy atom. The largest absolute Gasteiger partial charge is 0.368 e. The molecule has 0 bridgehead atoms. The smallest absolute Gasteiger partial charge is 0.291 e. The van der Waals surface area contributed by atoms with E-state index in [1.807, 2.05) is 6.07 Å². The molecule has 2 aromatic rings. The molecule has 0 saturated heterocycles. The zero-order valence-electron chi connectivity index (χ0n) is 18.4. The van der Waals surface area contributed by atoms with Gasteiger partial charge < -0.3 is 22.1 Å². The second-order valence-corrected chi connectivity index (χ2v) is 10.4. The quantitative estimate of drug-likeness (QED) is 0.170. The maximum Gasteiger partial charge on any atom is 0.291 e. The van der Waals surface area contributed by atoms with Gasteiger partial charge in [0.2, 0.25) is 17.7 Å². The first-order valence-electron chi connectivity index (χ1n) is 10.2. The number of nitrogens with one attached hydrogen (secondary N) is 3. The molecule has 0 fully saturated rings. The molecule has 1 aromatic carbocycles. The van der Waals surface area contributed by atoms with Crippen LogP contribution in [0.5, 0.6) is 0 Å². The normalized spacial score (nSPS) is 15.2. The number of hydrogen-bond donors (Lipinski definition) is 7. The van der Waals surface area contributed by atoms with Gasteiger partial charge in [0.25, 0.3) is 7.72 Å². The molecular weight excluding hydrogens is 451 g/mol. The van der Waals surface area contributed by atoms with Crippen LogP contribution >= 0.6 is 7.72 Å². The van der Waals surface area contributed by atoms with Crippen LogP contribution in [0.4, 0.5) is 0 Å². The number of H-pyrrole nitrogens is 1. The first-order chi connectivity index (χ1) is 15.5.